The number of anilines is 1. The van der Waals surface area contributed by atoms with Crippen LogP contribution in [0.4, 0.5) is 10.6 Å². The average Bonchev–Trinajstić information content (AvgIpc) is 3.20. The molecule has 0 spiro atoms. The molecule has 3 rings (SSSR count). The monoisotopic (exact) mass is 319 g/mol. The molecule has 3 amide bonds. The highest BCUT2D eigenvalue weighted by Gasteiger charge is 2.39. The van der Waals surface area contributed by atoms with Crippen molar-refractivity contribution >= 4 is 17.8 Å². The minimum Gasteiger partial charge on any atom is -0.339 e. The van der Waals surface area contributed by atoms with Crippen LogP contribution in [-0.4, -0.2) is 45.8 Å². The highest BCUT2D eigenvalue weighted by molar-refractivity contribution is 5.88. The number of hydrogen-bond donors (Lipinski definition) is 2. The Hall–Kier alpha value is -2.05. The van der Waals surface area contributed by atoms with Gasteiger partial charge < -0.3 is 10.2 Å². The number of rotatable bonds is 6. The molecule has 2 fully saturated rings. The van der Waals surface area contributed by atoms with Crippen LogP contribution in [-0.2, 0) is 18.3 Å². The first-order valence-electron chi connectivity index (χ1n) is 8.44. The van der Waals surface area contributed by atoms with Crippen LogP contribution < -0.4 is 10.6 Å². The number of amides is 3. The summed E-state index contributed by atoms with van der Waals surface area (Å²) in [6.45, 7) is 3.40. The second-order valence-electron chi connectivity index (χ2n) is 6.58. The lowest BCUT2D eigenvalue weighted by Gasteiger charge is -2.15. The van der Waals surface area contributed by atoms with Crippen molar-refractivity contribution in [1.82, 2.24) is 20.0 Å². The van der Waals surface area contributed by atoms with Crippen molar-refractivity contribution in [1.29, 1.82) is 0 Å². The molecule has 7 heteroatoms. The highest BCUT2D eigenvalue weighted by atomic mass is 16.2. The summed E-state index contributed by atoms with van der Waals surface area (Å²) in [7, 11) is 1.82. The minimum atomic E-state index is -0.242. The van der Waals surface area contributed by atoms with Crippen molar-refractivity contribution in [3.05, 3.63) is 11.8 Å². The van der Waals surface area contributed by atoms with Crippen molar-refractivity contribution in [2.75, 3.05) is 18.4 Å². The molecule has 7 nitrogen and oxygen atoms in total. The number of carbonyl (C=O) groups is 2. The summed E-state index contributed by atoms with van der Waals surface area (Å²) in [6.07, 6.45) is 4.73. The fraction of sp³-hybridized carbons (Fsp3) is 0.688. The van der Waals surface area contributed by atoms with E-state index in [0.29, 0.717) is 24.8 Å². The Morgan fingerprint density at radius 2 is 2.22 bits per heavy atom. The normalized spacial score (nSPS) is 20.9. The standard InChI is InChI=1S/C16H25N5O2/c1-3-4-12-8-14(20(2)19-12)18-16(23)17-9-11-7-15(22)21(10-11)13-5-6-13/h8,11,13H,3-7,9-10H2,1-2H3,(H2,17,18,23). The van der Waals surface area contributed by atoms with Crippen molar-refractivity contribution in [2.45, 2.75) is 45.1 Å². The van der Waals surface area contributed by atoms with E-state index in [-0.39, 0.29) is 17.9 Å². The van der Waals surface area contributed by atoms with Crippen LogP contribution in [0.5, 0.6) is 0 Å². The van der Waals surface area contributed by atoms with Crippen LogP contribution in [0.25, 0.3) is 0 Å². The maximum Gasteiger partial charge on any atom is 0.320 e. The molecule has 1 saturated heterocycles. The first kappa shape index (κ1) is 15.8. The third kappa shape index (κ3) is 3.83. The minimum absolute atomic E-state index is 0.219. The fourth-order valence-corrected chi connectivity index (χ4v) is 3.10. The Morgan fingerprint density at radius 3 is 2.91 bits per heavy atom. The maximum atomic E-state index is 12.0. The van der Waals surface area contributed by atoms with Crippen molar-refractivity contribution in [3.8, 4) is 0 Å². The Labute approximate surface area is 136 Å². The largest absolute Gasteiger partial charge is 0.339 e. The summed E-state index contributed by atoms with van der Waals surface area (Å²) < 4.78 is 1.68. The topological polar surface area (TPSA) is 79.3 Å². The molecule has 1 aromatic heterocycles. The Bertz CT molecular complexity index is 593. The molecule has 1 saturated carbocycles. The summed E-state index contributed by atoms with van der Waals surface area (Å²) in [6, 6.07) is 2.12. The number of nitrogens with zero attached hydrogens (tertiary/aromatic N) is 3. The fourth-order valence-electron chi connectivity index (χ4n) is 3.10. The molecule has 23 heavy (non-hydrogen) atoms. The third-order valence-electron chi connectivity index (χ3n) is 4.46. The lowest BCUT2D eigenvalue weighted by Crippen LogP contribution is -2.35. The van der Waals surface area contributed by atoms with Gasteiger partial charge in [0, 0.05) is 44.6 Å². The van der Waals surface area contributed by atoms with E-state index in [9.17, 15) is 9.59 Å². The number of nitrogens with one attached hydrogen (secondary N) is 2. The summed E-state index contributed by atoms with van der Waals surface area (Å²) in [4.78, 5) is 25.9. The van der Waals surface area contributed by atoms with Gasteiger partial charge in [-0.15, -0.1) is 0 Å². The van der Waals surface area contributed by atoms with Crippen LogP contribution in [0.1, 0.15) is 38.3 Å². The van der Waals surface area contributed by atoms with Crippen LogP contribution in [0, 0.1) is 5.92 Å². The Balaban J connectivity index is 1.45. The summed E-state index contributed by atoms with van der Waals surface area (Å²) in [5.74, 6) is 1.14. The van der Waals surface area contributed by atoms with Crippen LogP contribution in [0.2, 0.25) is 0 Å². The lowest BCUT2D eigenvalue weighted by molar-refractivity contribution is -0.128. The first-order chi connectivity index (χ1) is 11.1. The molecule has 0 aromatic carbocycles. The van der Waals surface area contributed by atoms with E-state index in [0.717, 1.165) is 37.9 Å². The van der Waals surface area contributed by atoms with Gasteiger partial charge in [-0.25, -0.2) is 4.79 Å². The highest BCUT2D eigenvalue weighted by Crippen LogP contribution is 2.32. The first-order valence-corrected chi connectivity index (χ1v) is 8.44. The van der Waals surface area contributed by atoms with Gasteiger partial charge >= 0.3 is 6.03 Å². The van der Waals surface area contributed by atoms with Gasteiger partial charge in [0.25, 0.3) is 0 Å². The van der Waals surface area contributed by atoms with Gasteiger partial charge in [0.15, 0.2) is 0 Å². The van der Waals surface area contributed by atoms with E-state index in [4.69, 9.17) is 0 Å². The van der Waals surface area contributed by atoms with Crippen LogP contribution in [0.15, 0.2) is 6.07 Å². The van der Waals surface area contributed by atoms with E-state index >= 15 is 0 Å². The predicted molar refractivity (Wildman–Crippen MR) is 87.1 cm³/mol. The second-order valence-corrected chi connectivity index (χ2v) is 6.58. The number of hydrogen-bond acceptors (Lipinski definition) is 3. The smallest absolute Gasteiger partial charge is 0.320 e. The van der Waals surface area contributed by atoms with E-state index in [1.54, 1.807) is 4.68 Å². The predicted octanol–water partition coefficient (Wildman–Crippen LogP) is 1.50. The van der Waals surface area contributed by atoms with Crippen molar-refractivity contribution in [2.24, 2.45) is 13.0 Å². The summed E-state index contributed by atoms with van der Waals surface area (Å²) in [5, 5.41) is 10.1. The number of carbonyl (C=O) groups excluding carboxylic acids is 2. The Kier molecular flexibility index (Phi) is 4.54. The molecule has 0 bridgehead atoms. The van der Waals surface area contributed by atoms with Crippen LogP contribution in [0.3, 0.4) is 0 Å². The second kappa shape index (κ2) is 6.60. The van der Waals surface area contributed by atoms with Gasteiger partial charge in [0.2, 0.25) is 5.91 Å². The maximum absolute atomic E-state index is 12.0. The van der Waals surface area contributed by atoms with Crippen molar-refractivity contribution < 1.29 is 9.59 Å². The van der Waals surface area contributed by atoms with Gasteiger partial charge in [-0.3, -0.25) is 14.8 Å². The molecule has 1 unspecified atom stereocenters. The zero-order chi connectivity index (χ0) is 16.4. The van der Waals surface area contributed by atoms with Gasteiger partial charge in [0.1, 0.15) is 5.82 Å². The summed E-state index contributed by atoms with van der Waals surface area (Å²) >= 11 is 0. The molecule has 2 heterocycles. The molecule has 1 aliphatic heterocycles. The quantitative estimate of drug-likeness (QED) is 0.834. The van der Waals surface area contributed by atoms with Crippen molar-refractivity contribution in [3.63, 3.8) is 0 Å². The SMILES string of the molecule is CCCc1cc(NC(=O)NCC2CC(=O)N(C3CC3)C2)n(C)n1. The third-order valence-corrected chi connectivity index (χ3v) is 4.46. The molecular formula is C16H25N5O2. The van der Waals surface area contributed by atoms with Gasteiger partial charge in [-0.2, -0.15) is 5.10 Å². The average molecular weight is 319 g/mol. The Morgan fingerprint density at radius 1 is 1.43 bits per heavy atom. The molecular weight excluding hydrogens is 294 g/mol. The summed E-state index contributed by atoms with van der Waals surface area (Å²) in [5.41, 5.74) is 0.978. The molecule has 1 aromatic rings. The molecule has 1 atom stereocenters. The van der Waals surface area contributed by atoms with Crippen LogP contribution >= 0.6 is 0 Å². The van der Waals surface area contributed by atoms with E-state index in [2.05, 4.69) is 22.7 Å². The van der Waals surface area contributed by atoms with E-state index < -0.39 is 0 Å². The van der Waals surface area contributed by atoms with Gasteiger partial charge in [0.05, 0.1) is 5.69 Å². The molecule has 2 aliphatic rings. The lowest BCUT2D eigenvalue weighted by atomic mass is 10.1. The zero-order valence-electron chi connectivity index (χ0n) is 13.8. The zero-order valence-corrected chi connectivity index (χ0v) is 13.8. The molecule has 2 N–H and O–H groups in total. The van der Waals surface area contributed by atoms with E-state index in [1.807, 2.05) is 18.0 Å². The number of aryl methyl sites for hydroxylation is 2. The number of urea groups is 1. The number of likely N-dealkylation sites (tertiary alicyclic amines) is 1. The molecule has 1 aliphatic carbocycles. The van der Waals surface area contributed by atoms with E-state index in [1.165, 1.54) is 0 Å². The molecule has 0 radical (unpaired) electrons. The molecule has 126 valence electrons. The van der Waals surface area contributed by atoms with Gasteiger partial charge in [-0.1, -0.05) is 13.3 Å². The number of aromatic nitrogens is 2. The van der Waals surface area contributed by atoms with Gasteiger partial charge in [-0.05, 0) is 19.3 Å².